The van der Waals surface area contributed by atoms with E-state index in [2.05, 4.69) is 32.5 Å². The standard InChI is InChI=1S/C17H30N6O2S/c1-10(2)15(21-16(24)12(4)18-5)17(25)23-8-6-7-13(23)11(3)20-14-9-19-22-26-14/h9-13,15,18,20H,6-8H2,1-5H3,(H,21,24)/t11?,12-,13?,15?/m0/s1. The molecule has 3 unspecified atom stereocenters. The fourth-order valence-corrected chi connectivity index (χ4v) is 3.75. The third kappa shape index (κ3) is 4.91. The van der Waals surface area contributed by atoms with E-state index in [9.17, 15) is 9.59 Å². The van der Waals surface area contributed by atoms with E-state index < -0.39 is 6.04 Å². The van der Waals surface area contributed by atoms with Crippen LogP contribution in [0.5, 0.6) is 0 Å². The molecule has 8 nitrogen and oxygen atoms in total. The molecular formula is C17H30N6O2S. The van der Waals surface area contributed by atoms with Gasteiger partial charge in [0.2, 0.25) is 11.8 Å². The molecule has 26 heavy (non-hydrogen) atoms. The van der Waals surface area contributed by atoms with Crippen molar-refractivity contribution in [3.05, 3.63) is 6.20 Å². The summed E-state index contributed by atoms with van der Waals surface area (Å²) in [5.41, 5.74) is 0. The Hall–Kier alpha value is -1.74. The average molecular weight is 383 g/mol. The molecule has 1 aromatic rings. The number of anilines is 1. The van der Waals surface area contributed by atoms with Gasteiger partial charge in [-0.25, -0.2) is 0 Å². The molecule has 9 heteroatoms. The fourth-order valence-electron chi connectivity index (χ4n) is 3.24. The van der Waals surface area contributed by atoms with Gasteiger partial charge in [-0.1, -0.05) is 18.3 Å². The van der Waals surface area contributed by atoms with Crippen LogP contribution in [0, 0.1) is 5.92 Å². The van der Waals surface area contributed by atoms with Gasteiger partial charge in [-0.3, -0.25) is 9.59 Å². The molecule has 0 aliphatic carbocycles. The molecule has 2 amide bonds. The topological polar surface area (TPSA) is 99.2 Å². The lowest BCUT2D eigenvalue weighted by Gasteiger charge is -2.34. The minimum Gasteiger partial charge on any atom is -0.370 e. The monoisotopic (exact) mass is 382 g/mol. The van der Waals surface area contributed by atoms with Crippen molar-refractivity contribution in [1.82, 2.24) is 25.1 Å². The van der Waals surface area contributed by atoms with Crippen molar-refractivity contribution in [3.8, 4) is 0 Å². The first kappa shape index (κ1) is 20.6. The highest BCUT2D eigenvalue weighted by molar-refractivity contribution is 7.09. The van der Waals surface area contributed by atoms with Gasteiger partial charge in [0.1, 0.15) is 11.0 Å². The average Bonchev–Trinajstić information content (AvgIpc) is 3.29. The van der Waals surface area contributed by atoms with Crippen LogP contribution in [0.4, 0.5) is 5.00 Å². The number of nitrogens with zero attached hydrogens (tertiary/aromatic N) is 3. The first-order valence-corrected chi connectivity index (χ1v) is 9.94. The van der Waals surface area contributed by atoms with E-state index in [4.69, 9.17) is 0 Å². The predicted molar refractivity (Wildman–Crippen MR) is 103 cm³/mol. The molecule has 1 aliphatic heterocycles. The summed E-state index contributed by atoms with van der Waals surface area (Å²) in [6.07, 6.45) is 3.60. The number of carbonyl (C=O) groups excluding carboxylic acids is 2. The number of likely N-dealkylation sites (tertiary alicyclic amines) is 1. The first-order chi connectivity index (χ1) is 12.3. The van der Waals surface area contributed by atoms with Gasteiger partial charge >= 0.3 is 0 Å². The number of rotatable bonds is 8. The summed E-state index contributed by atoms with van der Waals surface area (Å²) < 4.78 is 3.86. The molecule has 2 rings (SSSR count). The van der Waals surface area contributed by atoms with E-state index in [0.717, 1.165) is 24.4 Å². The van der Waals surface area contributed by atoms with Crippen LogP contribution in [0.15, 0.2) is 6.20 Å². The van der Waals surface area contributed by atoms with Crippen LogP contribution in [0.2, 0.25) is 0 Å². The number of hydrogen-bond donors (Lipinski definition) is 3. The van der Waals surface area contributed by atoms with Gasteiger partial charge in [-0.15, -0.1) is 5.10 Å². The van der Waals surface area contributed by atoms with Gasteiger partial charge in [-0.2, -0.15) is 0 Å². The summed E-state index contributed by atoms with van der Waals surface area (Å²) in [5.74, 6) is -0.141. The number of carbonyl (C=O) groups is 2. The van der Waals surface area contributed by atoms with Gasteiger partial charge in [0.15, 0.2) is 0 Å². The van der Waals surface area contributed by atoms with Crippen molar-refractivity contribution < 1.29 is 9.59 Å². The van der Waals surface area contributed by atoms with E-state index in [1.165, 1.54) is 11.5 Å². The minimum absolute atomic E-state index is 0.00441. The Labute approximate surface area is 159 Å². The Morgan fingerprint density at radius 2 is 2.04 bits per heavy atom. The van der Waals surface area contributed by atoms with Crippen molar-refractivity contribution in [2.45, 2.75) is 64.7 Å². The predicted octanol–water partition coefficient (Wildman–Crippen LogP) is 1.08. The van der Waals surface area contributed by atoms with Gasteiger partial charge in [0, 0.05) is 24.1 Å². The van der Waals surface area contributed by atoms with Crippen LogP contribution in [-0.2, 0) is 9.59 Å². The number of aromatic nitrogens is 2. The summed E-state index contributed by atoms with van der Waals surface area (Å²) in [6.45, 7) is 8.50. The van der Waals surface area contributed by atoms with Crippen LogP contribution < -0.4 is 16.0 Å². The first-order valence-electron chi connectivity index (χ1n) is 9.17. The highest BCUT2D eigenvalue weighted by Gasteiger charge is 2.38. The molecule has 146 valence electrons. The Morgan fingerprint density at radius 1 is 1.31 bits per heavy atom. The van der Waals surface area contributed by atoms with Crippen molar-refractivity contribution in [1.29, 1.82) is 0 Å². The second kappa shape index (κ2) is 9.27. The maximum Gasteiger partial charge on any atom is 0.245 e. The summed E-state index contributed by atoms with van der Waals surface area (Å²) in [6, 6.07) is -0.679. The fraction of sp³-hybridized carbons (Fsp3) is 0.765. The lowest BCUT2D eigenvalue weighted by molar-refractivity contribution is -0.138. The van der Waals surface area contributed by atoms with Gasteiger partial charge in [0.05, 0.1) is 18.3 Å². The van der Waals surface area contributed by atoms with E-state index in [1.54, 1.807) is 20.2 Å². The third-order valence-electron chi connectivity index (χ3n) is 4.95. The zero-order chi connectivity index (χ0) is 19.3. The van der Waals surface area contributed by atoms with E-state index in [1.807, 2.05) is 18.7 Å². The summed E-state index contributed by atoms with van der Waals surface area (Å²) in [5, 5.41) is 13.9. The zero-order valence-electron chi connectivity index (χ0n) is 16.2. The Kier molecular flexibility index (Phi) is 7.33. The number of hydrogen-bond acceptors (Lipinski definition) is 7. The minimum atomic E-state index is -0.517. The van der Waals surface area contributed by atoms with Gasteiger partial charge in [-0.05, 0) is 39.7 Å². The van der Waals surface area contributed by atoms with Gasteiger partial charge in [0.25, 0.3) is 0 Å². The Morgan fingerprint density at radius 3 is 2.62 bits per heavy atom. The van der Waals surface area contributed by atoms with E-state index in [0.29, 0.717) is 0 Å². The van der Waals surface area contributed by atoms with Crippen molar-refractivity contribution in [2.75, 3.05) is 18.9 Å². The molecule has 1 aliphatic rings. The third-order valence-corrected chi connectivity index (χ3v) is 5.54. The summed E-state index contributed by atoms with van der Waals surface area (Å²) >= 11 is 1.31. The SMILES string of the molecule is CN[C@@H](C)C(=O)NC(C(=O)N1CCCC1C(C)Nc1cnns1)C(C)C. The molecule has 0 bridgehead atoms. The number of amides is 2. The maximum atomic E-state index is 13.2. The highest BCUT2D eigenvalue weighted by Crippen LogP contribution is 2.25. The van der Waals surface area contributed by atoms with Crippen LogP contribution >= 0.6 is 11.5 Å². The molecule has 1 aromatic heterocycles. The van der Waals surface area contributed by atoms with Crippen LogP contribution in [-0.4, -0.2) is 64.1 Å². The molecule has 0 saturated carbocycles. The molecule has 1 fully saturated rings. The maximum absolute atomic E-state index is 13.2. The quantitative estimate of drug-likeness (QED) is 0.622. The lowest BCUT2D eigenvalue weighted by atomic mass is 10.0. The van der Waals surface area contributed by atoms with Crippen molar-refractivity contribution in [3.63, 3.8) is 0 Å². The van der Waals surface area contributed by atoms with E-state index in [-0.39, 0.29) is 35.9 Å². The second-order valence-corrected chi connectivity index (χ2v) is 7.98. The molecule has 0 radical (unpaired) electrons. The van der Waals surface area contributed by atoms with Crippen molar-refractivity contribution in [2.24, 2.45) is 5.92 Å². The normalized spacial score (nSPS) is 20.7. The molecule has 4 atom stereocenters. The number of nitrogens with one attached hydrogen (secondary N) is 3. The van der Waals surface area contributed by atoms with Crippen LogP contribution in [0.25, 0.3) is 0 Å². The second-order valence-electron chi connectivity index (χ2n) is 7.20. The zero-order valence-corrected chi connectivity index (χ0v) is 17.0. The largest absolute Gasteiger partial charge is 0.370 e. The molecule has 0 spiro atoms. The lowest BCUT2D eigenvalue weighted by Crippen LogP contribution is -2.57. The highest BCUT2D eigenvalue weighted by atomic mass is 32.1. The van der Waals surface area contributed by atoms with Crippen LogP contribution in [0.3, 0.4) is 0 Å². The summed E-state index contributed by atoms with van der Waals surface area (Å²) in [4.78, 5) is 27.4. The molecule has 1 saturated heterocycles. The molecule has 3 N–H and O–H groups in total. The molecular weight excluding hydrogens is 352 g/mol. The molecule has 2 heterocycles. The van der Waals surface area contributed by atoms with Crippen molar-refractivity contribution >= 4 is 28.3 Å². The molecule has 0 aromatic carbocycles. The summed E-state index contributed by atoms with van der Waals surface area (Å²) in [7, 11) is 1.73. The van der Waals surface area contributed by atoms with Gasteiger partial charge < -0.3 is 20.9 Å². The Balaban J connectivity index is 2.07. The number of likely N-dealkylation sites (N-methyl/N-ethyl adjacent to an activating group) is 1. The smallest absolute Gasteiger partial charge is 0.245 e. The van der Waals surface area contributed by atoms with Crippen LogP contribution in [0.1, 0.15) is 40.5 Å². The Bertz CT molecular complexity index is 594. The van der Waals surface area contributed by atoms with E-state index >= 15 is 0 Å².